The number of hydrogen-bond donors (Lipinski definition) is 2. The number of nitrogen functional groups attached to an aromatic ring is 1. The van der Waals surface area contributed by atoms with E-state index >= 15 is 0 Å². The monoisotopic (exact) mass is 294 g/mol. The standard InChI is InChI=1S/C11H11BrN4O/c1-7-10(16-13)14-6-15-11(7)17-9-5-3-2-4-8(9)12/h2-6H,13H2,1H3,(H,14,15,16). The molecule has 0 aliphatic heterocycles. The zero-order valence-corrected chi connectivity index (χ0v) is 10.7. The van der Waals surface area contributed by atoms with Crippen LogP contribution in [0.5, 0.6) is 11.6 Å². The van der Waals surface area contributed by atoms with E-state index in [4.69, 9.17) is 10.6 Å². The van der Waals surface area contributed by atoms with Crippen LogP contribution in [0.3, 0.4) is 0 Å². The summed E-state index contributed by atoms with van der Waals surface area (Å²) in [5.41, 5.74) is 3.25. The number of halogens is 1. The van der Waals surface area contributed by atoms with E-state index in [-0.39, 0.29) is 0 Å². The van der Waals surface area contributed by atoms with Gasteiger partial charge in [-0.1, -0.05) is 12.1 Å². The van der Waals surface area contributed by atoms with E-state index in [1.54, 1.807) is 0 Å². The molecular weight excluding hydrogens is 284 g/mol. The van der Waals surface area contributed by atoms with Crippen molar-refractivity contribution in [2.24, 2.45) is 5.84 Å². The Morgan fingerprint density at radius 2 is 2.06 bits per heavy atom. The zero-order valence-electron chi connectivity index (χ0n) is 9.14. The van der Waals surface area contributed by atoms with Gasteiger partial charge in [0.05, 0.1) is 10.0 Å². The zero-order chi connectivity index (χ0) is 12.3. The Balaban J connectivity index is 2.34. The molecule has 17 heavy (non-hydrogen) atoms. The molecule has 3 N–H and O–H groups in total. The first-order valence-electron chi connectivity index (χ1n) is 4.93. The Kier molecular flexibility index (Phi) is 3.55. The van der Waals surface area contributed by atoms with Crippen LogP contribution in [-0.2, 0) is 0 Å². The molecule has 1 aromatic heterocycles. The van der Waals surface area contributed by atoms with Crippen molar-refractivity contribution in [2.75, 3.05) is 5.43 Å². The molecule has 2 rings (SSSR count). The summed E-state index contributed by atoms with van der Waals surface area (Å²) < 4.78 is 6.55. The van der Waals surface area contributed by atoms with Crippen LogP contribution in [0.15, 0.2) is 35.1 Å². The first-order valence-corrected chi connectivity index (χ1v) is 5.72. The van der Waals surface area contributed by atoms with Crippen molar-refractivity contribution in [3.8, 4) is 11.6 Å². The molecule has 2 aromatic rings. The molecular formula is C11H11BrN4O. The Morgan fingerprint density at radius 3 is 2.76 bits per heavy atom. The highest BCUT2D eigenvalue weighted by Gasteiger charge is 2.09. The van der Waals surface area contributed by atoms with E-state index in [9.17, 15) is 0 Å². The van der Waals surface area contributed by atoms with Crippen molar-refractivity contribution in [3.63, 3.8) is 0 Å². The fourth-order valence-electron chi connectivity index (χ4n) is 1.31. The van der Waals surface area contributed by atoms with Crippen LogP contribution in [0, 0.1) is 6.92 Å². The summed E-state index contributed by atoms with van der Waals surface area (Å²) in [7, 11) is 0. The van der Waals surface area contributed by atoms with Gasteiger partial charge in [0.2, 0.25) is 5.88 Å². The molecule has 88 valence electrons. The summed E-state index contributed by atoms with van der Waals surface area (Å²) in [6, 6.07) is 7.55. The number of hydrogen-bond acceptors (Lipinski definition) is 5. The number of nitrogens with one attached hydrogen (secondary N) is 1. The van der Waals surface area contributed by atoms with Gasteiger partial charge in [-0.25, -0.2) is 15.8 Å². The SMILES string of the molecule is Cc1c(NN)ncnc1Oc1ccccc1Br. The molecule has 6 heteroatoms. The lowest BCUT2D eigenvalue weighted by molar-refractivity contribution is 0.455. The fourth-order valence-corrected chi connectivity index (χ4v) is 1.68. The molecule has 5 nitrogen and oxygen atoms in total. The Hall–Kier alpha value is -1.66. The van der Waals surface area contributed by atoms with E-state index < -0.39 is 0 Å². The first-order chi connectivity index (χ1) is 8.22. The number of nitrogens with two attached hydrogens (primary N) is 1. The van der Waals surface area contributed by atoms with E-state index in [0.29, 0.717) is 17.4 Å². The quantitative estimate of drug-likeness (QED) is 0.672. The molecule has 0 saturated carbocycles. The van der Waals surface area contributed by atoms with Gasteiger partial charge < -0.3 is 10.2 Å². The molecule has 0 fully saturated rings. The lowest BCUT2D eigenvalue weighted by Crippen LogP contribution is -2.11. The number of nitrogens with zero attached hydrogens (tertiary/aromatic N) is 2. The minimum atomic E-state index is 0.472. The molecule has 0 saturated heterocycles. The highest BCUT2D eigenvalue weighted by molar-refractivity contribution is 9.10. The molecule has 0 bridgehead atoms. The number of anilines is 1. The van der Waals surface area contributed by atoms with Crippen molar-refractivity contribution >= 4 is 21.7 Å². The summed E-state index contributed by atoms with van der Waals surface area (Å²) in [5, 5.41) is 0. The molecule has 1 heterocycles. The van der Waals surface area contributed by atoms with Gasteiger partial charge in [-0.2, -0.15) is 0 Å². The van der Waals surface area contributed by atoms with E-state index in [1.165, 1.54) is 6.33 Å². The maximum Gasteiger partial charge on any atom is 0.227 e. The Morgan fingerprint density at radius 1 is 1.29 bits per heavy atom. The molecule has 0 radical (unpaired) electrons. The lowest BCUT2D eigenvalue weighted by Gasteiger charge is -2.10. The summed E-state index contributed by atoms with van der Waals surface area (Å²) in [4.78, 5) is 8.06. The maximum absolute atomic E-state index is 5.69. The number of rotatable bonds is 3. The molecule has 0 amide bonds. The second-order valence-corrected chi connectivity index (χ2v) is 4.18. The number of benzene rings is 1. The highest BCUT2D eigenvalue weighted by Crippen LogP contribution is 2.30. The fraction of sp³-hybridized carbons (Fsp3) is 0.0909. The third-order valence-corrected chi connectivity index (χ3v) is 2.87. The van der Waals surface area contributed by atoms with Crippen LogP contribution in [0.1, 0.15) is 5.56 Å². The minimum Gasteiger partial charge on any atom is -0.437 e. The summed E-state index contributed by atoms with van der Waals surface area (Å²) in [5.74, 6) is 7.05. The maximum atomic E-state index is 5.69. The van der Waals surface area contributed by atoms with Crippen molar-refractivity contribution in [2.45, 2.75) is 6.92 Å². The third-order valence-electron chi connectivity index (χ3n) is 2.22. The Bertz CT molecular complexity index is 533. The van der Waals surface area contributed by atoms with Crippen molar-refractivity contribution in [1.82, 2.24) is 9.97 Å². The first kappa shape index (κ1) is 11.8. The number of para-hydroxylation sites is 1. The molecule has 0 spiro atoms. The van der Waals surface area contributed by atoms with Crippen LogP contribution in [0.2, 0.25) is 0 Å². The smallest absolute Gasteiger partial charge is 0.227 e. The van der Waals surface area contributed by atoms with Gasteiger partial charge >= 0.3 is 0 Å². The Labute approximate surface area is 107 Å². The van der Waals surface area contributed by atoms with Gasteiger partial charge in [-0.05, 0) is 35.0 Å². The second-order valence-electron chi connectivity index (χ2n) is 3.33. The molecule has 1 aromatic carbocycles. The van der Waals surface area contributed by atoms with Gasteiger partial charge in [0, 0.05) is 0 Å². The minimum absolute atomic E-state index is 0.472. The predicted molar refractivity (Wildman–Crippen MR) is 68.8 cm³/mol. The molecule has 0 unspecified atom stereocenters. The van der Waals surface area contributed by atoms with Crippen LogP contribution in [-0.4, -0.2) is 9.97 Å². The van der Waals surface area contributed by atoms with Gasteiger partial charge in [0.15, 0.2) is 0 Å². The molecule has 0 aliphatic rings. The average Bonchev–Trinajstić information content (AvgIpc) is 2.34. The van der Waals surface area contributed by atoms with Crippen LogP contribution < -0.4 is 16.0 Å². The van der Waals surface area contributed by atoms with Crippen molar-refractivity contribution < 1.29 is 4.74 Å². The predicted octanol–water partition coefficient (Wildman–Crippen LogP) is 2.63. The molecule has 0 atom stereocenters. The van der Waals surface area contributed by atoms with Crippen molar-refractivity contribution in [1.29, 1.82) is 0 Å². The third kappa shape index (κ3) is 2.54. The summed E-state index contributed by atoms with van der Waals surface area (Å²) in [6.07, 6.45) is 1.40. The van der Waals surface area contributed by atoms with Gasteiger partial charge in [-0.3, -0.25) is 0 Å². The largest absolute Gasteiger partial charge is 0.437 e. The topological polar surface area (TPSA) is 73.1 Å². The average molecular weight is 295 g/mol. The normalized spacial score (nSPS) is 10.1. The van der Waals surface area contributed by atoms with E-state index in [1.807, 2.05) is 31.2 Å². The van der Waals surface area contributed by atoms with E-state index in [0.717, 1.165) is 10.0 Å². The van der Waals surface area contributed by atoms with Gasteiger partial charge in [0.1, 0.15) is 17.9 Å². The molecule has 0 aliphatic carbocycles. The number of ether oxygens (including phenoxy) is 1. The van der Waals surface area contributed by atoms with Crippen LogP contribution >= 0.6 is 15.9 Å². The van der Waals surface area contributed by atoms with E-state index in [2.05, 4.69) is 31.3 Å². The summed E-state index contributed by atoms with van der Waals surface area (Å²) >= 11 is 3.41. The number of hydrazine groups is 1. The second kappa shape index (κ2) is 5.11. The van der Waals surface area contributed by atoms with Crippen molar-refractivity contribution in [3.05, 3.63) is 40.6 Å². The van der Waals surface area contributed by atoms with Gasteiger partial charge in [0.25, 0.3) is 0 Å². The van der Waals surface area contributed by atoms with Crippen LogP contribution in [0.25, 0.3) is 0 Å². The lowest BCUT2D eigenvalue weighted by atomic mass is 10.3. The highest BCUT2D eigenvalue weighted by atomic mass is 79.9. The van der Waals surface area contributed by atoms with Gasteiger partial charge in [-0.15, -0.1) is 0 Å². The van der Waals surface area contributed by atoms with Crippen LogP contribution in [0.4, 0.5) is 5.82 Å². The number of aromatic nitrogens is 2. The summed E-state index contributed by atoms with van der Waals surface area (Å²) in [6.45, 7) is 1.83.